The van der Waals surface area contributed by atoms with Crippen LogP contribution in [-0.4, -0.2) is 37.2 Å². The molecule has 0 radical (unpaired) electrons. The lowest BCUT2D eigenvalue weighted by atomic mass is 9.69. The van der Waals surface area contributed by atoms with Gasteiger partial charge in [0.15, 0.2) is 0 Å². The van der Waals surface area contributed by atoms with E-state index < -0.39 is 5.97 Å². The number of hydrogen-bond donors (Lipinski definition) is 2. The summed E-state index contributed by atoms with van der Waals surface area (Å²) in [7, 11) is 1.66. The van der Waals surface area contributed by atoms with Crippen LogP contribution in [0.4, 0.5) is 0 Å². The molecular formula is C15H27NO4. The lowest BCUT2D eigenvalue weighted by Gasteiger charge is -2.35. The minimum absolute atomic E-state index is 0.00873. The van der Waals surface area contributed by atoms with E-state index >= 15 is 0 Å². The molecule has 0 aromatic heterocycles. The molecule has 0 heterocycles. The van der Waals surface area contributed by atoms with Crippen molar-refractivity contribution in [3.05, 3.63) is 0 Å². The van der Waals surface area contributed by atoms with Gasteiger partial charge in [0.25, 0.3) is 0 Å². The zero-order chi connectivity index (χ0) is 14.8. The second-order valence-corrected chi connectivity index (χ2v) is 5.86. The maximum atomic E-state index is 12.0. The molecule has 0 aromatic carbocycles. The molecule has 1 saturated carbocycles. The average Bonchev–Trinajstić information content (AvgIpc) is 2.38. The number of rotatable bonds is 9. The first-order chi connectivity index (χ1) is 9.58. The van der Waals surface area contributed by atoms with Gasteiger partial charge in [-0.25, -0.2) is 0 Å². The minimum Gasteiger partial charge on any atom is -0.481 e. The van der Waals surface area contributed by atoms with Gasteiger partial charge in [0.1, 0.15) is 0 Å². The molecule has 116 valence electrons. The number of unbranched alkanes of at least 4 members (excludes halogenated alkanes) is 1. The molecule has 20 heavy (non-hydrogen) atoms. The first-order valence-corrected chi connectivity index (χ1v) is 7.55. The number of ether oxygens (including phenoxy) is 1. The van der Waals surface area contributed by atoms with Crippen molar-refractivity contribution < 1.29 is 19.4 Å². The normalized spacial score (nSPS) is 17.6. The van der Waals surface area contributed by atoms with Crippen LogP contribution in [0.25, 0.3) is 0 Å². The summed E-state index contributed by atoms with van der Waals surface area (Å²) in [5.41, 5.74) is -0.319. The number of hydrogen-bond acceptors (Lipinski definition) is 3. The van der Waals surface area contributed by atoms with Crippen LogP contribution in [0, 0.1) is 5.41 Å². The van der Waals surface area contributed by atoms with E-state index in [9.17, 15) is 9.59 Å². The number of carboxylic acid groups (broad SMARTS) is 1. The standard InChI is InChI=1S/C15H27NO4/c1-20-10-6-5-9-16-13(17)11-15(12-14(18)19)7-3-2-4-8-15/h2-12H2,1H3,(H,16,17)(H,18,19). The molecule has 0 atom stereocenters. The summed E-state index contributed by atoms with van der Waals surface area (Å²) >= 11 is 0. The molecule has 0 aromatic rings. The number of carbonyl (C=O) groups is 2. The number of carboxylic acids is 1. The van der Waals surface area contributed by atoms with Gasteiger partial charge >= 0.3 is 5.97 Å². The highest BCUT2D eigenvalue weighted by Crippen LogP contribution is 2.42. The molecule has 0 saturated heterocycles. The lowest BCUT2D eigenvalue weighted by molar-refractivity contribution is -0.141. The van der Waals surface area contributed by atoms with Gasteiger partial charge in [0, 0.05) is 26.7 Å². The predicted octanol–water partition coefficient (Wildman–Crippen LogP) is 2.34. The van der Waals surface area contributed by atoms with Crippen molar-refractivity contribution in [3.8, 4) is 0 Å². The quantitative estimate of drug-likeness (QED) is 0.638. The van der Waals surface area contributed by atoms with Gasteiger partial charge in [-0.2, -0.15) is 0 Å². The predicted molar refractivity (Wildman–Crippen MR) is 76.5 cm³/mol. The van der Waals surface area contributed by atoms with Gasteiger partial charge in [-0.1, -0.05) is 19.3 Å². The van der Waals surface area contributed by atoms with Crippen LogP contribution < -0.4 is 5.32 Å². The Morgan fingerprint density at radius 2 is 1.85 bits per heavy atom. The third kappa shape index (κ3) is 6.37. The fourth-order valence-corrected chi connectivity index (χ4v) is 3.04. The second-order valence-electron chi connectivity index (χ2n) is 5.86. The van der Waals surface area contributed by atoms with Gasteiger partial charge in [-0.3, -0.25) is 9.59 Å². The minimum atomic E-state index is -0.792. The highest BCUT2D eigenvalue weighted by atomic mass is 16.5. The van der Waals surface area contributed by atoms with Crippen LogP contribution >= 0.6 is 0 Å². The Hall–Kier alpha value is -1.10. The Balaban J connectivity index is 2.36. The first-order valence-electron chi connectivity index (χ1n) is 7.55. The van der Waals surface area contributed by atoms with Crippen molar-refractivity contribution in [2.45, 2.75) is 57.8 Å². The van der Waals surface area contributed by atoms with Gasteiger partial charge in [-0.05, 0) is 31.1 Å². The van der Waals surface area contributed by atoms with Crippen molar-refractivity contribution in [1.82, 2.24) is 5.32 Å². The topological polar surface area (TPSA) is 75.6 Å². The summed E-state index contributed by atoms with van der Waals surface area (Å²) < 4.78 is 4.95. The van der Waals surface area contributed by atoms with E-state index in [1.54, 1.807) is 7.11 Å². The number of amides is 1. The Morgan fingerprint density at radius 1 is 1.15 bits per heavy atom. The first kappa shape index (κ1) is 17.0. The third-order valence-corrected chi connectivity index (χ3v) is 4.07. The molecule has 5 nitrogen and oxygen atoms in total. The number of methoxy groups -OCH3 is 1. The van der Waals surface area contributed by atoms with Crippen LogP contribution in [0.1, 0.15) is 57.8 Å². The highest BCUT2D eigenvalue weighted by molar-refractivity contribution is 5.78. The van der Waals surface area contributed by atoms with Crippen LogP contribution in [0.3, 0.4) is 0 Å². The molecule has 1 aliphatic carbocycles. The Kier molecular flexibility index (Phi) is 7.59. The third-order valence-electron chi connectivity index (χ3n) is 4.07. The largest absolute Gasteiger partial charge is 0.481 e. The van der Waals surface area contributed by atoms with Gasteiger partial charge < -0.3 is 15.2 Å². The zero-order valence-corrected chi connectivity index (χ0v) is 12.5. The second kappa shape index (κ2) is 8.95. The molecule has 0 aliphatic heterocycles. The van der Waals surface area contributed by atoms with Gasteiger partial charge in [0.2, 0.25) is 5.91 Å². The highest BCUT2D eigenvalue weighted by Gasteiger charge is 2.36. The van der Waals surface area contributed by atoms with Crippen LogP contribution in [0.15, 0.2) is 0 Å². The van der Waals surface area contributed by atoms with Crippen molar-refractivity contribution in [2.75, 3.05) is 20.3 Å². The van der Waals surface area contributed by atoms with Crippen molar-refractivity contribution in [1.29, 1.82) is 0 Å². The molecule has 1 rings (SSSR count). The van der Waals surface area contributed by atoms with E-state index in [4.69, 9.17) is 9.84 Å². The van der Waals surface area contributed by atoms with E-state index in [2.05, 4.69) is 5.32 Å². The van der Waals surface area contributed by atoms with Crippen LogP contribution in [-0.2, 0) is 14.3 Å². The summed E-state index contributed by atoms with van der Waals surface area (Å²) in [5.74, 6) is -0.801. The van der Waals surface area contributed by atoms with Gasteiger partial charge in [0.05, 0.1) is 6.42 Å². The maximum absolute atomic E-state index is 12.0. The summed E-state index contributed by atoms with van der Waals surface area (Å²) in [4.78, 5) is 23.0. The van der Waals surface area contributed by atoms with E-state index in [0.717, 1.165) is 44.9 Å². The smallest absolute Gasteiger partial charge is 0.303 e. The SMILES string of the molecule is COCCCCNC(=O)CC1(CC(=O)O)CCCCC1. The molecule has 1 fully saturated rings. The summed E-state index contributed by atoms with van der Waals surface area (Å²) in [6.07, 6.45) is 7.23. The molecule has 0 unspecified atom stereocenters. The maximum Gasteiger partial charge on any atom is 0.303 e. The molecule has 2 N–H and O–H groups in total. The molecule has 0 bridgehead atoms. The summed E-state index contributed by atoms with van der Waals surface area (Å²) in [6, 6.07) is 0. The van der Waals surface area contributed by atoms with Crippen molar-refractivity contribution in [3.63, 3.8) is 0 Å². The Morgan fingerprint density at radius 3 is 2.45 bits per heavy atom. The van der Waals surface area contributed by atoms with E-state index in [1.165, 1.54) is 0 Å². The molecule has 5 heteroatoms. The Bertz CT molecular complexity index is 311. The van der Waals surface area contributed by atoms with Crippen LogP contribution in [0.5, 0.6) is 0 Å². The number of nitrogens with one attached hydrogen (secondary N) is 1. The fraction of sp³-hybridized carbons (Fsp3) is 0.867. The average molecular weight is 285 g/mol. The molecular weight excluding hydrogens is 258 g/mol. The molecule has 0 spiro atoms. The van der Waals surface area contributed by atoms with E-state index in [-0.39, 0.29) is 17.7 Å². The number of carbonyl (C=O) groups excluding carboxylic acids is 1. The lowest BCUT2D eigenvalue weighted by Crippen LogP contribution is -2.35. The van der Waals surface area contributed by atoms with E-state index in [1.807, 2.05) is 0 Å². The zero-order valence-electron chi connectivity index (χ0n) is 12.5. The van der Waals surface area contributed by atoms with E-state index in [0.29, 0.717) is 19.6 Å². The fourth-order valence-electron chi connectivity index (χ4n) is 3.04. The monoisotopic (exact) mass is 285 g/mol. The number of aliphatic carboxylic acids is 1. The summed E-state index contributed by atoms with van der Waals surface area (Å²) in [5, 5.41) is 12.0. The van der Waals surface area contributed by atoms with Crippen molar-refractivity contribution >= 4 is 11.9 Å². The summed E-state index contributed by atoms with van der Waals surface area (Å²) in [6.45, 7) is 1.35. The molecule has 1 amide bonds. The van der Waals surface area contributed by atoms with Gasteiger partial charge in [-0.15, -0.1) is 0 Å². The van der Waals surface area contributed by atoms with Crippen LogP contribution in [0.2, 0.25) is 0 Å². The Labute approximate surface area is 121 Å². The van der Waals surface area contributed by atoms with Crippen molar-refractivity contribution in [2.24, 2.45) is 5.41 Å². The molecule has 1 aliphatic rings.